The molecule has 0 aliphatic rings. The highest BCUT2D eigenvalue weighted by Gasteiger charge is 2.18. The third-order valence-corrected chi connectivity index (χ3v) is 4.75. The Balaban J connectivity index is 1.98. The molecule has 9 nitrogen and oxygen atoms in total. The number of carbonyl (C=O) groups is 2. The molecule has 0 atom stereocenters. The average Bonchev–Trinajstić information content (AvgIpc) is 2.77. The second-order valence-electron chi connectivity index (χ2n) is 7.53. The van der Waals surface area contributed by atoms with E-state index in [2.05, 4.69) is 15.6 Å². The third-order valence-electron chi connectivity index (χ3n) is 4.50. The van der Waals surface area contributed by atoms with Crippen molar-refractivity contribution in [1.82, 2.24) is 14.9 Å². The van der Waals surface area contributed by atoms with Crippen LogP contribution in [0, 0.1) is 5.82 Å². The van der Waals surface area contributed by atoms with E-state index in [1.165, 1.54) is 16.7 Å². The van der Waals surface area contributed by atoms with Crippen LogP contribution in [0.25, 0.3) is 0 Å². The van der Waals surface area contributed by atoms with Gasteiger partial charge in [-0.25, -0.2) is 9.37 Å². The van der Waals surface area contributed by atoms with Gasteiger partial charge in [0.15, 0.2) is 11.6 Å². The van der Waals surface area contributed by atoms with Gasteiger partial charge in [-0.3, -0.25) is 19.0 Å². The van der Waals surface area contributed by atoms with Crippen molar-refractivity contribution in [2.75, 3.05) is 11.9 Å². The summed E-state index contributed by atoms with van der Waals surface area (Å²) in [5, 5.41) is 14.3. The highest BCUT2D eigenvalue weighted by atomic mass is 35.5. The number of hydrogen-bond acceptors (Lipinski definition) is 6. The molecule has 1 amide bonds. The van der Waals surface area contributed by atoms with Gasteiger partial charge in [0, 0.05) is 23.0 Å². The van der Waals surface area contributed by atoms with Crippen LogP contribution in [-0.4, -0.2) is 39.2 Å². The molecule has 0 aliphatic heterocycles. The highest BCUT2D eigenvalue weighted by Crippen LogP contribution is 2.24. The first-order valence-electron chi connectivity index (χ1n) is 10.2. The number of hydrogen-bond donors (Lipinski definition) is 3. The van der Waals surface area contributed by atoms with E-state index in [1.54, 1.807) is 44.2 Å². The van der Waals surface area contributed by atoms with Gasteiger partial charge in [-0.1, -0.05) is 23.7 Å². The molecule has 0 spiro atoms. The molecular formula is C23H22ClFN4O5. The third kappa shape index (κ3) is 6.32. The van der Waals surface area contributed by atoms with E-state index in [0.717, 1.165) is 6.20 Å². The van der Waals surface area contributed by atoms with E-state index in [4.69, 9.17) is 21.4 Å². The molecule has 0 radical (unpaired) electrons. The maximum atomic E-state index is 14.4. The Kier molecular flexibility index (Phi) is 7.85. The number of carboxylic acid groups (broad SMARTS) is 1. The molecule has 178 valence electrons. The highest BCUT2D eigenvalue weighted by molar-refractivity contribution is 6.30. The van der Waals surface area contributed by atoms with Gasteiger partial charge in [0.1, 0.15) is 12.1 Å². The Morgan fingerprint density at radius 2 is 1.91 bits per heavy atom. The second-order valence-corrected chi connectivity index (χ2v) is 7.96. The van der Waals surface area contributed by atoms with E-state index in [0.29, 0.717) is 16.3 Å². The number of carboxylic acids is 1. The molecule has 0 unspecified atom stereocenters. The van der Waals surface area contributed by atoms with Crippen LogP contribution in [-0.2, 0) is 11.3 Å². The zero-order valence-corrected chi connectivity index (χ0v) is 19.1. The number of nitrogens with zero attached hydrogens (tertiary/aromatic N) is 2. The number of anilines is 2. The van der Waals surface area contributed by atoms with Crippen molar-refractivity contribution in [3.8, 4) is 5.75 Å². The van der Waals surface area contributed by atoms with Crippen LogP contribution in [0.1, 0.15) is 29.8 Å². The first kappa shape index (κ1) is 24.7. The monoisotopic (exact) mass is 488 g/mol. The molecule has 11 heteroatoms. The number of aliphatic carboxylic acids is 1. The number of ether oxygens (including phenoxy) is 1. The first-order valence-corrected chi connectivity index (χ1v) is 10.6. The lowest BCUT2D eigenvalue weighted by atomic mass is 10.2. The molecule has 0 saturated heterocycles. The fourth-order valence-electron chi connectivity index (χ4n) is 2.98. The SMILES string of the molecule is CC(C)Oc1ccc(Nc2ncc(C(=O)NCC(=O)O)c(=O)n2Cc2ccc(Cl)cc2)cc1F. The zero-order chi connectivity index (χ0) is 24.8. The minimum absolute atomic E-state index is 0.0163. The standard InChI is InChI=1S/C23H22ClFN4O5/c1-13(2)34-19-8-7-16(9-18(19)25)28-23-27-10-17(21(32)26-11-20(30)31)22(33)29(23)12-14-3-5-15(24)6-4-14/h3-10,13H,11-12H2,1-2H3,(H,26,32)(H,27,28)(H,30,31). The molecule has 3 rings (SSSR count). The lowest BCUT2D eigenvalue weighted by Gasteiger charge is -2.16. The summed E-state index contributed by atoms with van der Waals surface area (Å²) in [5.41, 5.74) is -0.0667. The number of nitrogens with one attached hydrogen (secondary N) is 2. The minimum Gasteiger partial charge on any atom is -0.488 e. The van der Waals surface area contributed by atoms with Crippen molar-refractivity contribution in [1.29, 1.82) is 0 Å². The van der Waals surface area contributed by atoms with Gasteiger partial charge in [0.05, 0.1) is 12.6 Å². The fraction of sp³-hybridized carbons (Fsp3) is 0.217. The lowest BCUT2D eigenvalue weighted by Crippen LogP contribution is -2.36. The van der Waals surface area contributed by atoms with E-state index in [9.17, 15) is 18.8 Å². The van der Waals surface area contributed by atoms with E-state index in [1.807, 2.05) is 0 Å². The number of carbonyl (C=O) groups excluding carboxylic acids is 1. The van der Waals surface area contributed by atoms with Crippen LogP contribution in [0.5, 0.6) is 5.75 Å². The van der Waals surface area contributed by atoms with Gasteiger partial charge >= 0.3 is 5.97 Å². The number of benzene rings is 2. The number of halogens is 2. The molecular weight excluding hydrogens is 467 g/mol. The minimum atomic E-state index is -1.26. The Labute approximate surface area is 199 Å². The van der Waals surface area contributed by atoms with Crippen molar-refractivity contribution in [3.63, 3.8) is 0 Å². The summed E-state index contributed by atoms with van der Waals surface area (Å²) in [5.74, 6) is -2.61. The summed E-state index contributed by atoms with van der Waals surface area (Å²) in [6.45, 7) is 2.92. The van der Waals surface area contributed by atoms with Gasteiger partial charge < -0.3 is 20.5 Å². The topological polar surface area (TPSA) is 123 Å². The quantitative estimate of drug-likeness (QED) is 0.421. The summed E-state index contributed by atoms with van der Waals surface area (Å²) in [4.78, 5) is 40.4. The number of amides is 1. The molecule has 0 saturated carbocycles. The smallest absolute Gasteiger partial charge is 0.322 e. The maximum absolute atomic E-state index is 14.4. The Hall–Kier alpha value is -3.92. The molecule has 0 fully saturated rings. The van der Waals surface area contributed by atoms with Gasteiger partial charge in [-0.2, -0.15) is 0 Å². The van der Waals surface area contributed by atoms with Crippen LogP contribution in [0.4, 0.5) is 16.0 Å². The van der Waals surface area contributed by atoms with Crippen molar-refractivity contribution in [2.45, 2.75) is 26.5 Å². The van der Waals surface area contributed by atoms with Crippen molar-refractivity contribution in [2.24, 2.45) is 0 Å². The molecule has 1 heterocycles. The summed E-state index contributed by atoms with van der Waals surface area (Å²) < 4.78 is 21.0. The second kappa shape index (κ2) is 10.8. The zero-order valence-electron chi connectivity index (χ0n) is 18.3. The van der Waals surface area contributed by atoms with Crippen LogP contribution < -0.4 is 20.9 Å². The van der Waals surface area contributed by atoms with E-state index >= 15 is 0 Å². The van der Waals surface area contributed by atoms with Crippen LogP contribution in [0.3, 0.4) is 0 Å². The fourth-order valence-corrected chi connectivity index (χ4v) is 3.10. The first-order chi connectivity index (χ1) is 16.1. The molecule has 1 aromatic heterocycles. The summed E-state index contributed by atoms with van der Waals surface area (Å²) >= 11 is 5.93. The van der Waals surface area contributed by atoms with Gasteiger partial charge in [-0.05, 0) is 43.7 Å². The van der Waals surface area contributed by atoms with E-state index < -0.39 is 29.8 Å². The summed E-state index contributed by atoms with van der Waals surface area (Å²) in [6, 6.07) is 10.9. The normalized spacial score (nSPS) is 10.7. The molecule has 3 N–H and O–H groups in total. The molecule has 2 aromatic carbocycles. The van der Waals surface area contributed by atoms with Crippen molar-refractivity contribution >= 4 is 35.1 Å². The Morgan fingerprint density at radius 1 is 1.21 bits per heavy atom. The maximum Gasteiger partial charge on any atom is 0.322 e. The van der Waals surface area contributed by atoms with Gasteiger partial charge in [0.25, 0.3) is 11.5 Å². The number of aromatic nitrogens is 2. The van der Waals surface area contributed by atoms with Gasteiger partial charge in [0.2, 0.25) is 5.95 Å². The van der Waals surface area contributed by atoms with Crippen molar-refractivity contribution < 1.29 is 23.8 Å². The predicted octanol–water partition coefficient (Wildman–Crippen LogP) is 3.43. The Morgan fingerprint density at radius 3 is 2.53 bits per heavy atom. The predicted molar refractivity (Wildman–Crippen MR) is 124 cm³/mol. The van der Waals surface area contributed by atoms with Crippen LogP contribution in [0.15, 0.2) is 53.5 Å². The summed E-state index contributed by atoms with van der Waals surface area (Å²) in [6.07, 6.45) is 0.826. The lowest BCUT2D eigenvalue weighted by molar-refractivity contribution is -0.135. The van der Waals surface area contributed by atoms with Gasteiger partial charge in [-0.15, -0.1) is 0 Å². The molecule has 0 bridgehead atoms. The Bertz CT molecular complexity index is 1260. The largest absolute Gasteiger partial charge is 0.488 e. The molecule has 34 heavy (non-hydrogen) atoms. The number of rotatable bonds is 9. The summed E-state index contributed by atoms with van der Waals surface area (Å²) in [7, 11) is 0. The van der Waals surface area contributed by atoms with Crippen LogP contribution >= 0.6 is 11.6 Å². The average molecular weight is 489 g/mol. The molecule has 0 aliphatic carbocycles. The molecule has 3 aromatic rings. The van der Waals surface area contributed by atoms with E-state index in [-0.39, 0.29) is 29.9 Å². The van der Waals surface area contributed by atoms with Crippen molar-refractivity contribution in [3.05, 3.63) is 81.0 Å². The van der Waals surface area contributed by atoms with Crippen LogP contribution in [0.2, 0.25) is 5.02 Å².